The van der Waals surface area contributed by atoms with Crippen molar-refractivity contribution in [1.29, 1.82) is 0 Å². The van der Waals surface area contributed by atoms with Gasteiger partial charge in [-0.3, -0.25) is 14.2 Å². The zero-order valence-corrected chi connectivity index (χ0v) is 16.3. The maximum Gasteiger partial charge on any atom is 0.338 e. The molecular weight excluding hydrogens is 370 g/mol. The van der Waals surface area contributed by atoms with E-state index in [0.29, 0.717) is 23.1 Å². The van der Waals surface area contributed by atoms with Crippen LogP contribution in [-0.2, 0) is 22.5 Å². The number of fused-ring (bicyclic) bond motifs is 2. The normalized spacial score (nSPS) is 12.6. The van der Waals surface area contributed by atoms with Crippen molar-refractivity contribution < 1.29 is 14.3 Å². The van der Waals surface area contributed by atoms with E-state index in [2.05, 4.69) is 10.3 Å². The van der Waals surface area contributed by atoms with E-state index >= 15 is 0 Å². The van der Waals surface area contributed by atoms with Gasteiger partial charge in [0.25, 0.3) is 11.5 Å². The predicted molar refractivity (Wildman–Crippen MR) is 109 cm³/mol. The summed E-state index contributed by atoms with van der Waals surface area (Å²) < 4.78 is 6.81. The van der Waals surface area contributed by atoms with E-state index in [4.69, 9.17) is 4.74 Å². The Balaban J connectivity index is 1.45. The van der Waals surface area contributed by atoms with Crippen LogP contribution >= 0.6 is 0 Å². The summed E-state index contributed by atoms with van der Waals surface area (Å²) in [6.07, 6.45) is 1.64. The number of nitrogens with zero attached hydrogens (tertiary/aromatic N) is 2. The molecule has 7 nitrogen and oxygen atoms in total. The Bertz CT molecular complexity index is 1180. The molecule has 2 aromatic carbocycles. The number of ether oxygens (including phenoxy) is 1. The van der Waals surface area contributed by atoms with Gasteiger partial charge in [-0.25, -0.2) is 9.78 Å². The lowest BCUT2D eigenvalue weighted by molar-refractivity contribution is -0.119. The van der Waals surface area contributed by atoms with Crippen LogP contribution in [0.5, 0.6) is 0 Å². The Hall–Kier alpha value is -3.48. The average Bonchev–Trinajstić information content (AvgIpc) is 3.14. The zero-order valence-electron chi connectivity index (χ0n) is 16.3. The molecule has 1 aliphatic heterocycles. The van der Waals surface area contributed by atoms with Gasteiger partial charge in [0.1, 0.15) is 5.82 Å². The van der Waals surface area contributed by atoms with Crippen LogP contribution in [0.1, 0.15) is 33.7 Å². The first-order chi connectivity index (χ1) is 13.9. The summed E-state index contributed by atoms with van der Waals surface area (Å²) in [4.78, 5) is 41.5. The molecule has 148 valence electrons. The van der Waals surface area contributed by atoms with Crippen LogP contribution < -0.4 is 10.9 Å². The molecule has 4 rings (SSSR count). The third-order valence-corrected chi connectivity index (χ3v) is 4.89. The second-order valence-corrected chi connectivity index (χ2v) is 7.32. The quantitative estimate of drug-likeness (QED) is 0.691. The number of aromatic nitrogens is 2. The van der Waals surface area contributed by atoms with E-state index in [9.17, 15) is 14.4 Å². The maximum absolute atomic E-state index is 12.5. The lowest BCUT2D eigenvalue weighted by Crippen LogP contribution is -2.22. The van der Waals surface area contributed by atoms with Gasteiger partial charge in [0.15, 0.2) is 6.61 Å². The number of carbonyl (C=O) groups is 2. The van der Waals surface area contributed by atoms with Crippen LogP contribution in [0.4, 0.5) is 5.69 Å². The van der Waals surface area contributed by atoms with E-state index in [0.717, 1.165) is 29.8 Å². The molecule has 0 saturated carbocycles. The lowest BCUT2D eigenvalue weighted by Gasteiger charge is -2.09. The summed E-state index contributed by atoms with van der Waals surface area (Å²) in [6.45, 7) is 4.16. The molecule has 1 aromatic heterocycles. The van der Waals surface area contributed by atoms with Crippen molar-refractivity contribution in [3.63, 3.8) is 0 Å². The second kappa shape index (κ2) is 7.50. The van der Waals surface area contributed by atoms with Crippen LogP contribution in [-0.4, -0.2) is 28.0 Å². The molecule has 7 heteroatoms. The fourth-order valence-electron chi connectivity index (χ4n) is 3.67. The SMILES string of the molecule is Cc1cc(C)cc(NC(=O)COC(=O)c2ccc3c(=O)n4c(nc3c2)CCC4)c1. The van der Waals surface area contributed by atoms with Gasteiger partial charge in [0.2, 0.25) is 0 Å². The monoisotopic (exact) mass is 391 g/mol. The smallest absolute Gasteiger partial charge is 0.338 e. The van der Waals surface area contributed by atoms with Gasteiger partial charge in [-0.1, -0.05) is 6.07 Å². The van der Waals surface area contributed by atoms with Gasteiger partial charge in [0.05, 0.1) is 16.5 Å². The summed E-state index contributed by atoms with van der Waals surface area (Å²) in [5.74, 6) is -0.316. The van der Waals surface area contributed by atoms with Crippen molar-refractivity contribution in [2.45, 2.75) is 33.2 Å². The average molecular weight is 391 g/mol. The highest BCUT2D eigenvalue weighted by atomic mass is 16.5. The number of rotatable bonds is 4. The summed E-state index contributed by atoms with van der Waals surface area (Å²) in [5, 5.41) is 3.20. The van der Waals surface area contributed by atoms with Gasteiger partial charge < -0.3 is 10.1 Å². The molecule has 1 aliphatic rings. The largest absolute Gasteiger partial charge is 0.452 e. The molecule has 1 amide bonds. The molecule has 0 spiro atoms. The number of nitrogens with one attached hydrogen (secondary N) is 1. The fraction of sp³-hybridized carbons (Fsp3) is 0.273. The van der Waals surface area contributed by atoms with E-state index in [-0.39, 0.29) is 11.1 Å². The molecule has 0 saturated heterocycles. The summed E-state index contributed by atoms with van der Waals surface area (Å²) >= 11 is 0. The van der Waals surface area contributed by atoms with Crippen molar-refractivity contribution in [2.24, 2.45) is 0 Å². The molecule has 0 atom stereocenters. The first-order valence-corrected chi connectivity index (χ1v) is 9.49. The number of carbonyl (C=O) groups excluding carboxylic acids is 2. The minimum atomic E-state index is -0.634. The summed E-state index contributed by atoms with van der Waals surface area (Å²) in [5.41, 5.74) is 3.36. The van der Waals surface area contributed by atoms with Crippen LogP contribution in [0.25, 0.3) is 10.9 Å². The Labute approximate surface area is 167 Å². The number of benzene rings is 2. The number of amides is 1. The Kier molecular flexibility index (Phi) is 4.88. The van der Waals surface area contributed by atoms with Crippen LogP contribution in [0.2, 0.25) is 0 Å². The second-order valence-electron chi connectivity index (χ2n) is 7.32. The third kappa shape index (κ3) is 3.89. The number of anilines is 1. The van der Waals surface area contributed by atoms with Gasteiger partial charge >= 0.3 is 5.97 Å². The molecule has 1 N–H and O–H groups in total. The molecule has 0 radical (unpaired) electrons. The van der Waals surface area contributed by atoms with Crippen molar-refractivity contribution in [3.05, 3.63) is 69.3 Å². The Morgan fingerprint density at radius 1 is 1.14 bits per heavy atom. The maximum atomic E-state index is 12.5. The van der Waals surface area contributed by atoms with Gasteiger partial charge in [0, 0.05) is 18.7 Å². The number of esters is 1. The number of aryl methyl sites for hydroxylation is 3. The van der Waals surface area contributed by atoms with Crippen LogP contribution in [0, 0.1) is 13.8 Å². The minimum absolute atomic E-state index is 0.0877. The molecule has 2 heterocycles. The molecule has 0 aliphatic carbocycles. The lowest BCUT2D eigenvalue weighted by atomic mass is 10.1. The predicted octanol–water partition coefficient (Wildman–Crippen LogP) is 2.76. The highest BCUT2D eigenvalue weighted by Crippen LogP contribution is 2.17. The fourth-order valence-corrected chi connectivity index (χ4v) is 3.67. The third-order valence-electron chi connectivity index (χ3n) is 4.89. The summed E-state index contributed by atoms with van der Waals surface area (Å²) in [7, 11) is 0. The minimum Gasteiger partial charge on any atom is -0.452 e. The topological polar surface area (TPSA) is 90.3 Å². The van der Waals surface area contributed by atoms with Crippen molar-refractivity contribution in [1.82, 2.24) is 9.55 Å². The van der Waals surface area contributed by atoms with E-state index in [1.54, 1.807) is 16.7 Å². The molecular formula is C22H21N3O4. The molecule has 29 heavy (non-hydrogen) atoms. The molecule has 0 bridgehead atoms. The van der Waals surface area contributed by atoms with E-state index < -0.39 is 18.5 Å². The Morgan fingerprint density at radius 3 is 2.66 bits per heavy atom. The van der Waals surface area contributed by atoms with Crippen molar-refractivity contribution in [3.8, 4) is 0 Å². The van der Waals surface area contributed by atoms with Crippen molar-refractivity contribution in [2.75, 3.05) is 11.9 Å². The zero-order chi connectivity index (χ0) is 20.5. The molecule has 0 unspecified atom stereocenters. The molecule has 0 fully saturated rings. The highest BCUT2D eigenvalue weighted by Gasteiger charge is 2.18. The van der Waals surface area contributed by atoms with Gasteiger partial charge in [-0.05, 0) is 61.7 Å². The Morgan fingerprint density at radius 2 is 1.90 bits per heavy atom. The van der Waals surface area contributed by atoms with Crippen LogP contribution in [0.15, 0.2) is 41.2 Å². The molecule has 3 aromatic rings. The van der Waals surface area contributed by atoms with Gasteiger partial charge in [-0.15, -0.1) is 0 Å². The van der Waals surface area contributed by atoms with Crippen molar-refractivity contribution >= 4 is 28.5 Å². The van der Waals surface area contributed by atoms with Gasteiger partial charge in [-0.2, -0.15) is 0 Å². The number of hydrogen-bond acceptors (Lipinski definition) is 5. The standard InChI is InChI=1S/C22H21N3O4/c1-13-8-14(2)10-16(9-13)23-20(26)12-29-22(28)15-5-6-17-18(11-15)24-19-4-3-7-25(19)21(17)27/h5-6,8-11H,3-4,7,12H2,1-2H3,(H,23,26). The van der Waals surface area contributed by atoms with E-state index in [1.807, 2.05) is 32.0 Å². The summed E-state index contributed by atoms with van der Waals surface area (Å²) in [6, 6.07) is 10.3. The van der Waals surface area contributed by atoms with Crippen LogP contribution in [0.3, 0.4) is 0 Å². The van der Waals surface area contributed by atoms with E-state index in [1.165, 1.54) is 6.07 Å². The highest BCUT2D eigenvalue weighted by molar-refractivity contribution is 5.97. The number of hydrogen-bond donors (Lipinski definition) is 1. The first-order valence-electron chi connectivity index (χ1n) is 9.49. The first kappa shape index (κ1) is 18.9.